The molecule has 0 atom stereocenters. The molecular formula is C9H5F7NO. The Kier molecular flexibility index (Phi) is 3.72. The third-order valence-electron chi connectivity index (χ3n) is 1.68. The van der Waals surface area contributed by atoms with E-state index in [4.69, 9.17) is 0 Å². The summed E-state index contributed by atoms with van der Waals surface area (Å²) in [5.74, 6) is -2.46. The average Bonchev–Trinajstić information content (AvgIpc) is 2.08. The van der Waals surface area contributed by atoms with Crippen LogP contribution in [-0.2, 0) is 0 Å². The van der Waals surface area contributed by atoms with Crippen molar-refractivity contribution in [3.63, 3.8) is 0 Å². The van der Waals surface area contributed by atoms with E-state index >= 15 is 0 Å². The van der Waals surface area contributed by atoms with Gasteiger partial charge in [0.05, 0.1) is 0 Å². The lowest BCUT2D eigenvalue weighted by atomic mass is 10.3. The molecule has 0 aliphatic heterocycles. The third-order valence-corrected chi connectivity index (χ3v) is 1.68. The van der Waals surface area contributed by atoms with Crippen LogP contribution < -0.4 is 4.74 Å². The SMILES string of the molecule is Cc1[c]c(F)nc(OC(C(F)(F)F)C(F)(F)F)c1. The van der Waals surface area contributed by atoms with E-state index in [1.165, 1.54) is 6.92 Å². The minimum atomic E-state index is -5.68. The second-order valence-corrected chi connectivity index (χ2v) is 3.27. The lowest BCUT2D eigenvalue weighted by Crippen LogP contribution is -2.46. The van der Waals surface area contributed by atoms with E-state index in [-0.39, 0.29) is 5.56 Å². The quantitative estimate of drug-likeness (QED) is 0.611. The Bertz CT molecular complexity index is 392. The Hall–Kier alpha value is -1.54. The first-order valence-corrected chi connectivity index (χ1v) is 4.36. The highest BCUT2D eigenvalue weighted by Gasteiger charge is 2.59. The maximum atomic E-state index is 12.7. The molecule has 0 aromatic carbocycles. The zero-order valence-corrected chi connectivity index (χ0v) is 8.66. The molecule has 1 aromatic heterocycles. The fourth-order valence-electron chi connectivity index (χ4n) is 1.04. The molecule has 0 bridgehead atoms. The van der Waals surface area contributed by atoms with E-state index in [1.54, 1.807) is 0 Å². The van der Waals surface area contributed by atoms with Crippen molar-refractivity contribution in [2.24, 2.45) is 0 Å². The predicted molar refractivity (Wildman–Crippen MR) is 44.3 cm³/mol. The molecule has 0 spiro atoms. The van der Waals surface area contributed by atoms with Crippen LogP contribution in [-0.4, -0.2) is 23.4 Å². The summed E-state index contributed by atoms with van der Waals surface area (Å²) in [7, 11) is 0. The summed E-state index contributed by atoms with van der Waals surface area (Å²) in [4.78, 5) is 2.76. The highest BCUT2D eigenvalue weighted by molar-refractivity contribution is 5.19. The lowest BCUT2D eigenvalue weighted by Gasteiger charge is -2.23. The molecule has 2 nitrogen and oxygen atoms in total. The van der Waals surface area contributed by atoms with Gasteiger partial charge < -0.3 is 4.74 Å². The standard InChI is InChI=1S/C9H5F7NO/c1-4-2-5(10)17-6(3-4)18-7(8(11,12)13)9(14,15)16/h3,7H,1H3. The second-order valence-electron chi connectivity index (χ2n) is 3.27. The summed E-state index contributed by atoms with van der Waals surface area (Å²) in [6, 6.07) is 2.66. The predicted octanol–water partition coefficient (Wildman–Crippen LogP) is 3.20. The zero-order valence-electron chi connectivity index (χ0n) is 8.66. The first-order valence-electron chi connectivity index (χ1n) is 4.36. The van der Waals surface area contributed by atoms with Crippen LogP contribution in [0.4, 0.5) is 30.7 Å². The van der Waals surface area contributed by atoms with Crippen molar-refractivity contribution < 1.29 is 35.5 Å². The Balaban J connectivity index is 3.04. The van der Waals surface area contributed by atoms with Gasteiger partial charge in [0.15, 0.2) is 0 Å². The Morgan fingerprint density at radius 3 is 2.06 bits per heavy atom. The maximum Gasteiger partial charge on any atom is 0.434 e. The molecule has 0 aliphatic rings. The van der Waals surface area contributed by atoms with Gasteiger partial charge in [-0.15, -0.1) is 0 Å². The number of aromatic nitrogens is 1. The van der Waals surface area contributed by atoms with Crippen molar-refractivity contribution in [3.8, 4) is 5.88 Å². The zero-order chi connectivity index (χ0) is 14.1. The highest BCUT2D eigenvalue weighted by Crippen LogP contribution is 2.36. The number of rotatable bonds is 2. The number of hydrogen-bond acceptors (Lipinski definition) is 2. The number of pyridine rings is 1. The van der Waals surface area contributed by atoms with Crippen molar-refractivity contribution >= 4 is 0 Å². The molecule has 18 heavy (non-hydrogen) atoms. The van der Waals surface area contributed by atoms with Crippen LogP contribution in [0.25, 0.3) is 0 Å². The minimum absolute atomic E-state index is 0.0411. The summed E-state index contributed by atoms with van der Waals surface area (Å²) in [5, 5.41) is 0. The first kappa shape index (κ1) is 14.5. The van der Waals surface area contributed by atoms with Gasteiger partial charge in [0.1, 0.15) is 0 Å². The molecule has 0 unspecified atom stereocenters. The maximum absolute atomic E-state index is 12.7. The van der Waals surface area contributed by atoms with Gasteiger partial charge in [0.25, 0.3) is 6.10 Å². The lowest BCUT2D eigenvalue weighted by molar-refractivity contribution is -0.300. The van der Waals surface area contributed by atoms with Crippen LogP contribution in [0.3, 0.4) is 0 Å². The molecule has 1 aromatic rings. The van der Waals surface area contributed by atoms with Crippen LogP contribution in [0.1, 0.15) is 5.56 Å². The van der Waals surface area contributed by atoms with E-state index in [1.807, 2.05) is 6.07 Å². The van der Waals surface area contributed by atoms with Gasteiger partial charge in [-0.3, -0.25) is 0 Å². The van der Waals surface area contributed by atoms with Crippen LogP contribution in [0, 0.1) is 18.9 Å². The monoisotopic (exact) mass is 276 g/mol. The number of nitrogens with zero attached hydrogens (tertiary/aromatic N) is 1. The Labute approximate surface area is 96.4 Å². The van der Waals surface area contributed by atoms with E-state index < -0.39 is 30.3 Å². The van der Waals surface area contributed by atoms with Crippen molar-refractivity contribution in [2.75, 3.05) is 0 Å². The highest BCUT2D eigenvalue weighted by atomic mass is 19.4. The molecule has 101 valence electrons. The topological polar surface area (TPSA) is 22.1 Å². The molecule has 1 radical (unpaired) electrons. The van der Waals surface area contributed by atoms with E-state index in [2.05, 4.69) is 9.72 Å². The van der Waals surface area contributed by atoms with Gasteiger partial charge in [-0.2, -0.15) is 35.7 Å². The summed E-state index contributed by atoms with van der Waals surface area (Å²) in [6.07, 6.45) is -15.4. The molecule has 0 amide bonds. The number of ether oxygens (including phenoxy) is 1. The first-order chi connectivity index (χ1) is 8.00. The summed E-state index contributed by atoms with van der Waals surface area (Å²) < 4.78 is 89.1. The van der Waals surface area contributed by atoms with Crippen molar-refractivity contribution in [2.45, 2.75) is 25.4 Å². The second kappa shape index (κ2) is 4.62. The molecular weight excluding hydrogens is 271 g/mol. The number of halogens is 7. The molecule has 0 saturated heterocycles. The van der Waals surface area contributed by atoms with Gasteiger partial charge in [-0.05, 0) is 12.5 Å². The Morgan fingerprint density at radius 2 is 1.67 bits per heavy atom. The van der Waals surface area contributed by atoms with Crippen molar-refractivity contribution in [1.82, 2.24) is 4.98 Å². The number of aryl methyl sites for hydroxylation is 1. The van der Waals surface area contributed by atoms with Crippen molar-refractivity contribution in [3.05, 3.63) is 23.6 Å². The minimum Gasteiger partial charge on any atom is -0.455 e. The third kappa shape index (κ3) is 3.74. The molecule has 0 fully saturated rings. The largest absolute Gasteiger partial charge is 0.455 e. The van der Waals surface area contributed by atoms with Gasteiger partial charge in [-0.25, -0.2) is 0 Å². The molecule has 1 heterocycles. The van der Waals surface area contributed by atoms with Crippen molar-refractivity contribution in [1.29, 1.82) is 0 Å². The number of alkyl halides is 6. The fraction of sp³-hybridized carbons (Fsp3) is 0.444. The van der Waals surface area contributed by atoms with Crippen LogP contribution in [0.2, 0.25) is 0 Å². The summed E-state index contributed by atoms with van der Waals surface area (Å²) in [5.41, 5.74) is -0.0411. The molecule has 0 saturated carbocycles. The van der Waals surface area contributed by atoms with E-state index in [9.17, 15) is 30.7 Å². The van der Waals surface area contributed by atoms with Crippen LogP contribution in [0.5, 0.6) is 5.88 Å². The number of hydrogen-bond donors (Lipinski definition) is 0. The summed E-state index contributed by atoms with van der Waals surface area (Å²) >= 11 is 0. The van der Waals surface area contributed by atoms with E-state index in [0.29, 0.717) is 6.07 Å². The summed E-state index contributed by atoms with van der Waals surface area (Å²) in [6.45, 7) is 1.22. The molecule has 0 N–H and O–H groups in total. The fourth-order valence-corrected chi connectivity index (χ4v) is 1.04. The van der Waals surface area contributed by atoms with Gasteiger partial charge in [0, 0.05) is 12.1 Å². The van der Waals surface area contributed by atoms with Gasteiger partial charge >= 0.3 is 12.4 Å². The van der Waals surface area contributed by atoms with Gasteiger partial charge in [-0.1, -0.05) is 0 Å². The van der Waals surface area contributed by atoms with Crippen LogP contribution in [0.15, 0.2) is 6.07 Å². The Morgan fingerprint density at radius 1 is 1.17 bits per heavy atom. The molecule has 1 rings (SSSR count). The normalized spacial score (nSPS) is 12.9. The van der Waals surface area contributed by atoms with Gasteiger partial charge in [0.2, 0.25) is 11.8 Å². The van der Waals surface area contributed by atoms with E-state index in [0.717, 1.165) is 0 Å². The average molecular weight is 276 g/mol. The molecule has 9 heteroatoms. The molecule has 0 aliphatic carbocycles. The smallest absolute Gasteiger partial charge is 0.434 e. The van der Waals surface area contributed by atoms with Crippen LogP contribution >= 0.6 is 0 Å².